The maximum Gasteiger partial charge on any atom is 0.268 e. The van der Waals surface area contributed by atoms with Gasteiger partial charge in [-0.1, -0.05) is 139 Å². The van der Waals surface area contributed by atoms with Gasteiger partial charge in [-0.3, -0.25) is 0 Å². The normalized spacial score (nSPS) is 12.1. The fourth-order valence-corrected chi connectivity index (χ4v) is 12.9. The van der Waals surface area contributed by atoms with Crippen LogP contribution >= 0.6 is 0 Å². The van der Waals surface area contributed by atoms with Gasteiger partial charge in [0.2, 0.25) is 0 Å². The number of fused-ring (bicyclic) bond motifs is 3. The molecule has 7 rings (SSSR count). The Bertz CT molecular complexity index is 2040. The molecule has 0 aliphatic rings. The third-order valence-corrected chi connectivity index (χ3v) is 14.8. The molecule has 7 aromatic rings. The van der Waals surface area contributed by atoms with Crippen LogP contribution in [0.2, 0.25) is 0 Å². The molecule has 6 aromatic carbocycles. The first kappa shape index (κ1) is 26.2. The predicted molar refractivity (Wildman–Crippen MR) is 177 cm³/mol. The Hall–Kier alpha value is -4.71. The molecule has 0 atom stereocenters. The van der Waals surface area contributed by atoms with E-state index < -0.39 is 18.1 Å². The lowest BCUT2D eigenvalue weighted by molar-refractivity contribution is 0.590. The van der Waals surface area contributed by atoms with Crippen LogP contribution in [0.4, 0.5) is 0 Å². The zero-order valence-corrected chi connectivity index (χ0v) is 25.0. The van der Waals surface area contributed by atoms with E-state index in [-0.39, 0.29) is 4.90 Å². The van der Waals surface area contributed by atoms with Crippen LogP contribution in [0.1, 0.15) is 5.56 Å². The summed E-state index contributed by atoms with van der Waals surface area (Å²) in [6.07, 6.45) is 0. The summed E-state index contributed by atoms with van der Waals surface area (Å²) >= 11 is 0. The third-order valence-electron chi connectivity index (χ3n) is 8.24. The first-order valence-electron chi connectivity index (χ1n) is 14.0. The van der Waals surface area contributed by atoms with E-state index in [0.29, 0.717) is 11.0 Å². The Morgan fingerprint density at radius 3 is 1.52 bits per heavy atom. The minimum atomic E-state index is -3.89. The Labute approximate surface area is 247 Å². The van der Waals surface area contributed by atoms with Gasteiger partial charge in [-0.15, -0.1) is 0 Å². The zero-order valence-electron chi connectivity index (χ0n) is 23.2. The lowest BCUT2D eigenvalue weighted by atomic mass is 10.1. The Balaban J connectivity index is 1.68. The number of aromatic nitrogens is 1. The van der Waals surface area contributed by atoms with Gasteiger partial charge in [-0.25, -0.2) is 12.4 Å². The van der Waals surface area contributed by atoms with E-state index in [1.807, 2.05) is 49.4 Å². The molecule has 1 heterocycles. The van der Waals surface area contributed by atoms with Crippen molar-refractivity contribution >= 4 is 60.6 Å². The molecule has 0 saturated carbocycles. The summed E-state index contributed by atoms with van der Waals surface area (Å²) in [5.74, 6) is 0. The second-order valence-corrected chi connectivity index (χ2v) is 16.2. The van der Waals surface area contributed by atoms with Crippen LogP contribution in [0.5, 0.6) is 0 Å². The standard InChI is InChI=1S/C37H29NO2SSi/c1-28-24-26-29(27-25-28)41(39,40)38-34-21-12-11-20-33(34)37-35(38)22-13-23-36(37)42(30-14-5-2-6-15-30,31-16-7-3-8-17-31)32-18-9-4-10-19-32/h2-27H,1H3. The number of hydrogen-bond acceptors (Lipinski definition) is 2. The lowest BCUT2D eigenvalue weighted by Crippen LogP contribution is -2.74. The van der Waals surface area contributed by atoms with Crippen molar-refractivity contribution in [1.82, 2.24) is 3.97 Å². The van der Waals surface area contributed by atoms with Gasteiger partial charge in [0.1, 0.15) is 0 Å². The smallest absolute Gasteiger partial charge is 0.233 e. The van der Waals surface area contributed by atoms with Gasteiger partial charge in [-0.2, -0.15) is 0 Å². The predicted octanol–water partition coefficient (Wildman–Crippen LogP) is 5.72. The van der Waals surface area contributed by atoms with E-state index in [1.54, 1.807) is 16.1 Å². The fraction of sp³-hybridized carbons (Fsp3) is 0.0270. The molecule has 0 radical (unpaired) electrons. The number of para-hydroxylation sites is 1. The summed E-state index contributed by atoms with van der Waals surface area (Å²) in [6, 6.07) is 53.4. The topological polar surface area (TPSA) is 39.1 Å². The van der Waals surface area contributed by atoms with Crippen molar-refractivity contribution in [3.05, 3.63) is 163 Å². The van der Waals surface area contributed by atoms with Crippen LogP contribution in [0.15, 0.2) is 163 Å². The van der Waals surface area contributed by atoms with Crippen molar-refractivity contribution in [3.8, 4) is 0 Å². The molecule has 0 aliphatic carbocycles. The molecule has 0 bridgehead atoms. The quantitative estimate of drug-likeness (QED) is 0.187. The SMILES string of the molecule is Cc1ccc(S(=O)(=O)n2c3ccccc3c3c([Si](c4ccccc4)(c4ccccc4)c4ccccc4)cccc32)cc1. The van der Waals surface area contributed by atoms with Crippen molar-refractivity contribution in [2.24, 2.45) is 0 Å². The minimum absolute atomic E-state index is 0.277. The summed E-state index contributed by atoms with van der Waals surface area (Å²) < 4.78 is 30.3. The van der Waals surface area contributed by atoms with Crippen LogP contribution in [-0.4, -0.2) is 20.5 Å². The average Bonchev–Trinajstić information content (AvgIpc) is 3.39. The van der Waals surface area contributed by atoms with Gasteiger partial charge in [0.25, 0.3) is 10.0 Å². The third kappa shape index (κ3) is 3.96. The summed E-state index contributed by atoms with van der Waals surface area (Å²) in [4.78, 5) is 0.277. The van der Waals surface area contributed by atoms with Crippen LogP contribution in [0.25, 0.3) is 21.8 Å². The second kappa shape index (κ2) is 10.3. The highest BCUT2D eigenvalue weighted by Gasteiger charge is 2.43. The number of hydrogen-bond donors (Lipinski definition) is 0. The number of rotatable bonds is 6. The molecular weight excluding hydrogens is 551 g/mol. The molecule has 0 fully saturated rings. The highest BCUT2D eigenvalue weighted by Crippen LogP contribution is 2.33. The highest BCUT2D eigenvalue weighted by molar-refractivity contribution is 7.90. The molecule has 42 heavy (non-hydrogen) atoms. The molecule has 3 nitrogen and oxygen atoms in total. The van der Waals surface area contributed by atoms with Gasteiger partial charge < -0.3 is 0 Å². The zero-order chi connectivity index (χ0) is 28.7. The van der Waals surface area contributed by atoms with Gasteiger partial charge in [0.05, 0.1) is 15.9 Å². The van der Waals surface area contributed by atoms with Crippen molar-refractivity contribution in [1.29, 1.82) is 0 Å². The number of nitrogens with zero attached hydrogens (tertiary/aromatic N) is 1. The van der Waals surface area contributed by atoms with Crippen LogP contribution in [0.3, 0.4) is 0 Å². The van der Waals surface area contributed by atoms with E-state index in [9.17, 15) is 8.42 Å². The van der Waals surface area contributed by atoms with E-state index in [2.05, 4.69) is 103 Å². The Morgan fingerprint density at radius 2 is 0.976 bits per heavy atom. The largest absolute Gasteiger partial charge is 0.268 e. The Morgan fingerprint density at radius 1 is 0.500 bits per heavy atom. The maximum absolute atomic E-state index is 14.4. The maximum atomic E-state index is 14.4. The van der Waals surface area contributed by atoms with Crippen molar-refractivity contribution in [2.75, 3.05) is 0 Å². The van der Waals surface area contributed by atoms with Gasteiger partial charge >= 0.3 is 0 Å². The molecule has 0 N–H and O–H groups in total. The van der Waals surface area contributed by atoms with Gasteiger partial charge in [0, 0.05) is 10.8 Å². The molecule has 0 spiro atoms. The number of aryl methyl sites for hydroxylation is 1. The first-order valence-corrected chi connectivity index (χ1v) is 17.5. The second-order valence-electron chi connectivity index (χ2n) is 10.6. The minimum Gasteiger partial charge on any atom is -0.233 e. The summed E-state index contributed by atoms with van der Waals surface area (Å²) in [7, 11) is -6.81. The van der Waals surface area contributed by atoms with Crippen molar-refractivity contribution < 1.29 is 8.42 Å². The molecule has 204 valence electrons. The van der Waals surface area contributed by atoms with Crippen LogP contribution < -0.4 is 20.7 Å². The fourth-order valence-electron chi connectivity index (χ4n) is 6.40. The van der Waals surface area contributed by atoms with E-state index in [4.69, 9.17) is 0 Å². The molecule has 1 aromatic heterocycles. The molecule has 0 aliphatic heterocycles. The summed E-state index contributed by atoms with van der Waals surface area (Å²) in [5.41, 5.74) is 2.38. The highest BCUT2D eigenvalue weighted by atomic mass is 32.2. The monoisotopic (exact) mass is 579 g/mol. The lowest BCUT2D eigenvalue weighted by Gasteiger charge is -2.35. The molecule has 0 saturated heterocycles. The summed E-state index contributed by atoms with van der Waals surface area (Å²) in [6.45, 7) is 1.96. The van der Waals surface area contributed by atoms with E-state index in [1.165, 1.54) is 15.6 Å². The van der Waals surface area contributed by atoms with Crippen LogP contribution in [0, 0.1) is 6.92 Å². The Kier molecular flexibility index (Phi) is 6.42. The van der Waals surface area contributed by atoms with Crippen molar-refractivity contribution in [3.63, 3.8) is 0 Å². The molecular formula is C37H29NO2SSi. The molecule has 0 amide bonds. The van der Waals surface area contributed by atoms with E-state index in [0.717, 1.165) is 21.5 Å². The molecule has 5 heteroatoms. The van der Waals surface area contributed by atoms with Crippen LogP contribution in [-0.2, 0) is 10.0 Å². The average molecular weight is 580 g/mol. The van der Waals surface area contributed by atoms with E-state index >= 15 is 0 Å². The number of benzene rings is 6. The van der Waals surface area contributed by atoms with Crippen molar-refractivity contribution in [2.45, 2.75) is 11.8 Å². The molecule has 0 unspecified atom stereocenters. The van der Waals surface area contributed by atoms with Gasteiger partial charge in [0.15, 0.2) is 8.07 Å². The summed E-state index contributed by atoms with van der Waals surface area (Å²) in [5, 5.41) is 6.80. The first-order chi connectivity index (χ1) is 20.5. The van der Waals surface area contributed by atoms with Gasteiger partial charge in [-0.05, 0) is 51.9 Å².